The van der Waals surface area contributed by atoms with E-state index in [1.165, 1.54) is 6.42 Å². The average Bonchev–Trinajstić information content (AvgIpc) is 2.52. The van der Waals surface area contributed by atoms with Crippen LogP contribution in [0.2, 0.25) is 0 Å². The van der Waals surface area contributed by atoms with Gasteiger partial charge in [0.2, 0.25) is 0 Å². The molecule has 0 spiro atoms. The number of carbonyl (C=O) groups is 1. The Bertz CT molecular complexity index is 364. The fourth-order valence-corrected chi connectivity index (χ4v) is 2.62. The largest absolute Gasteiger partial charge is 0.450 e. The van der Waals surface area contributed by atoms with Crippen LogP contribution < -0.4 is 10.6 Å². The zero-order valence-corrected chi connectivity index (χ0v) is 15.2. The number of likely N-dealkylation sites (tertiary alicyclic amines) is 1. The van der Waals surface area contributed by atoms with Crippen molar-refractivity contribution in [1.29, 1.82) is 0 Å². The summed E-state index contributed by atoms with van der Waals surface area (Å²) in [5, 5.41) is 6.80. The first-order valence-corrected chi connectivity index (χ1v) is 9.03. The van der Waals surface area contributed by atoms with Gasteiger partial charge in [-0.1, -0.05) is 13.8 Å². The third-order valence-corrected chi connectivity index (χ3v) is 3.92. The van der Waals surface area contributed by atoms with Crippen molar-refractivity contribution in [2.45, 2.75) is 59.4 Å². The van der Waals surface area contributed by atoms with E-state index < -0.39 is 0 Å². The van der Waals surface area contributed by atoms with E-state index in [-0.39, 0.29) is 6.09 Å². The van der Waals surface area contributed by atoms with Crippen molar-refractivity contribution < 1.29 is 9.53 Å². The van der Waals surface area contributed by atoms with E-state index in [1.54, 1.807) is 4.90 Å². The van der Waals surface area contributed by atoms with E-state index in [0.29, 0.717) is 12.6 Å². The molecule has 1 rings (SSSR count). The van der Waals surface area contributed by atoms with E-state index in [4.69, 9.17) is 4.74 Å². The lowest BCUT2D eigenvalue weighted by molar-refractivity contribution is 0.0963. The standard InChI is InChI=1S/C17H34N4O2/c1-5-18-16(19-11-7-8-14(3)4)20-15-9-12-21(13-10-15)17(22)23-6-2/h14-15H,5-13H2,1-4H3,(H2,18,19,20). The molecular weight excluding hydrogens is 292 g/mol. The first kappa shape index (κ1) is 19.6. The van der Waals surface area contributed by atoms with E-state index in [9.17, 15) is 4.79 Å². The van der Waals surface area contributed by atoms with E-state index >= 15 is 0 Å². The van der Waals surface area contributed by atoms with Gasteiger partial charge in [0.15, 0.2) is 5.96 Å². The molecule has 6 nitrogen and oxygen atoms in total. The summed E-state index contributed by atoms with van der Waals surface area (Å²) in [6, 6.07) is 0.364. The molecule has 0 unspecified atom stereocenters. The number of carbonyl (C=O) groups excluding carboxylic acids is 1. The number of hydrogen-bond acceptors (Lipinski definition) is 3. The van der Waals surface area contributed by atoms with Gasteiger partial charge in [0.25, 0.3) is 0 Å². The Balaban J connectivity index is 2.37. The van der Waals surface area contributed by atoms with Gasteiger partial charge in [0.05, 0.1) is 6.61 Å². The molecule has 134 valence electrons. The Morgan fingerprint density at radius 2 is 2.00 bits per heavy atom. The molecule has 0 bridgehead atoms. The molecule has 6 heteroatoms. The molecule has 0 aliphatic carbocycles. The normalized spacial score (nSPS) is 16.6. The number of hydrogen-bond donors (Lipinski definition) is 2. The Hall–Kier alpha value is -1.46. The fourth-order valence-electron chi connectivity index (χ4n) is 2.62. The molecule has 1 aliphatic heterocycles. The SMILES string of the molecule is CCNC(=NCCCC(C)C)NC1CCN(C(=O)OCC)CC1. The minimum atomic E-state index is -0.194. The Kier molecular flexibility index (Phi) is 9.48. The topological polar surface area (TPSA) is 66.0 Å². The summed E-state index contributed by atoms with van der Waals surface area (Å²) in [6.07, 6.45) is 3.99. The molecule has 1 amide bonds. The second kappa shape index (κ2) is 11.1. The van der Waals surface area contributed by atoms with Crippen molar-refractivity contribution in [2.75, 3.05) is 32.8 Å². The number of ether oxygens (including phenoxy) is 1. The average molecular weight is 326 g/mol. The minimum absolute atomic E-state index is 0.194. The van der Waals surface area contributed by atoms with Gasteiger partial charge >= 0.3 is 6.09 Å². The molecule has 1 saturated heterocycles. The molecule has 1 heterocycles. The van der Waals surface area contributed by atoms with Gasteiger partial charge in [0, 0.05) is 32.2 Å². The van der Waals surface area contributed by atoms with Crippen LogP contribution in [0, 0.1) is 5.92 Å². The second-order valence-corrected chi connectivity index (χ2v) is 6.40. The number of nitrogens with one attached hydrogen (secondary N) is 2. The molecule has 0 atom stereocenters. The fraction of sp³-hybridized carbons (Fsp3) is 0.882. The predicted octanol–water partition coefficient (Wildman–Crippen LogP) is 2.60. The highest BCUT2D eigenvalue weighted by atomic mass is 16.6. The lowest BCUT2D eigenvalue weighted by atomic mass is 10.1. The summed E-state index contributed by atoms with van der Waals surface area (Å²) < 4.78 is 5.05. The molecular formula is C17H34N4O2. The Morgan fingerprint density at radius 3 is 2.57 bits per heavy atom. The van der Waals surface area contributed by atoms with E-state index in [0.717, 1.165) is 57.3 Å². The second-order valence-electron chi connectivity index (χ2n) is 6.40. The van der Waals surface area contributed by atoms with Crippen LogP contribution in [0.15, 0.2) is 4.99 Å². The van der Waals surface area contributed by atoms with Crippen molar-refractivity contribution in [3.63, 3.8) is 0 Å². The highest BCUT2D eigenvalue weighted by molar-refractivity contribution is 5.80. The first-order chi connectivity index (χ1) is 11.1. The number of guanidine groups is 1. The van der Waals surface area contributed by atoms with Gasteiger partial charge in [-0.3, -0.25) is 4.99 Å². The monoisotopic (exact) mass is 326 g/mol. The third-order valence-electron chi connectivity index (χ3n) is 3.92. The van der Waals surface area contributed by atoms with Crippen molar-refractivity contribution >= 4 is 12.1 Å². The number of amides is 1. The van der Waals surface area contributed by atoms with E-state index in [2.05, 4.69) is 36.4 Å². The van der Waals surface area contributed by atoms with Gasteiger partial charge in [-0.05, 0) is 45.4 Å². The van der Waals surface area contributed by atoms with Crippen LogP contribution >= 0.6 is 0 Å². The van der Waals surface area contributed by atoms with Crippen molar-refractivity contribution in [3.8, 4) is 0 Å². The molecule has 0 saturated carbocycles. The van der Waals surface area contributed by atoms with E-state index in [1.807, 2.05) is 6.92 Å². The highest BCUT2D eigenvalue weighted by Gasteiger charge is 2.23. The van der Waals surface area contributed by atoms with Crippen LogP contribution in [0.1, 0.15) is 53.4 Å². The lowest BCUT2D eigenvalue weighted by Gasteiger charge is -2.32. The number of nitrogens with zero attached hydrogens (tertiary/aromatic N) is 2. The Morgan fingerprint density at radius 1 is 1.30 bits per heavy atom. The maximum atomic E-state index is 11.7. The molecule has 2 N–H and O–H groups in total. The van der Waals surface area contributed by atoms with Crippen LogP contribution in [0.3, 0.4) is 0 Å². The van der Waals surface area contributed by atoms with Crippen molar-refractivity contribution in [2.24, 2.45) is 10.9 Å². The van der Waals surface area contributed by atoms with Crippen LogP contribution in [-0.2, 0) is 4.74 Å². The smallest absolute Gasteiger partial charge is 0.409 e. The van der Waals surface area contributed by atoms with Crippen LogP contribution in [0.5, 0.6) is 0 Å². The number of aliphatic imine (C=N–C) groups is 1. The molecule has 0 aromatic heterocycles. The molecule has 1 fully saturated rings. The summed E-state index contributed by atoms with van der Waals surface area (Å²) in [5.41, 5.74) is 0. The van der Waals surface area contributed by atoms with Crippen LogP contribution in [0.4, 0.5) is 4.79 Å². The summed E-state index contributed by atoms with van der Waals surface area (Å²) in [5.74, 6) is 1.62. The maximum Gasteiger partial charge on any atom is 0.409 e. The molecule has 0 aromatic carbocycles. The zero-order valence-electron chi connectivity index (χ0n) is 15.2. The molecule has 0 radical (unpaired) electrons. The first-order valence-electron chi connectivity index (χ1n) is 9.03. The lowest BCUT2D eigenvalue weighted by Crippen LogP contribution is -2.49. The number of rotatable bonds is 7. The quantitative estimate of drug-likeness (QED) is 0.429. The zero-order chi connectivity index (χ0) is 17.1. The summed E-state index contributed by atoms with van der Waals surface area (Å²) in [7, 11) is 0. The molecule has 1 aliphatic rings. The van der Waals surface area contributed by atoms with Gasteiger partial charge in [0.1, 0.15) is 0 Å². The summed E-state index contributed by atoms with van der Waals surface area (Å²) in [4.78, 5) is 18.1. The van der Waals surface area contributed by atoms with Crippen LogP contribution in [-0.4, -0.2) is 55.8 Å². The van der Waals surface area contributed by atoms with Gasteiger partial charge in [-0.2, -0.15) is 0 Å². The molecule has 0 aromatic rings. The Labute approximate surface area is 141 Å². The molecule has 23 heavy (non-hydrogen) atoms. The van der Waals surface area contributed by atoms with Crippen molar-refractivity contribution in [3.05, 3.63) is 0 Å². The maximum absolute atomic E-state index is 11.7. The van der Waals surface area contributed by atoms with Crippen molar-refractivity contribution in [1.82, 2.24) is 15.5 Å². The number of piperidine rings is 1. The minimum Gasteiger partial charge on any atom is -0.450 e. The predicted molar refractivity (Wildman–Crippen MR) is 94.8 cm³/mol. The van der Waals surface area contributed by atoms with Gasteiger partial charge in [-0.25, -0.2) is 4.79 Å². The highest BCUT2D eigenvalue weighted by Crippen LogP contribution is 2.11. The summed E-state index contributed by atoms with van der Waals surface area (Å²) in [6.45, 7) is 12.0. The van der Waals surface area contributed by atoms with Gasteiger partial charge in [-0.15, -0.1) is 0 Å². The third kappa shape index (κ3) is 8.09. The summed E-state index contributed by atoms with van der Waals surface area (Å²) >= 11 is 0. The van der Waals surface area contributed by atoms with Crippen LogP contribution in [0.25, 0.3) is 0 Å². The van der Waals surface area contributed by atoms with Gasteiger partial charge < -0.3 is 20.3 Å².